The van der Waals surface area contributed by atoms with Gasteiger partial charge in [0.25, 0.3) is 0 Å². The van der Waals surface area contributed by atoms with Crippen LogP contribution in [-0.4, -0.2) is 46.8 Å². The molecule has 0 spiro atoms. The molecule has 150 valence electrons. The van der Waals surface area contributed by atoms with E-state index in [0.717, 1.165) is 12.1 Å². The Morgan fingerprint density at radius 3 is 2.41 bits per heavy atom. The summed E-state index contributed by atoms with van der Waals surface area (Å²) >= 11 is 0. The molecule has 0 aromatic carbocycles. The third-order valence-corrected chi connectivity index (χ3v) is 2.67. The molecular formula is C14H18F3N5O5. The molecule has 0 atom stereocenters. The Kier molecular flexibility index (Phi) is 6.91. The number of ether oxygens (including phenoxy) is 1. The van der Waals surface area contributed by atoms with Crippen LogP contribution in [0.25, 0.3) is 0 Å². The second-order valence-electron chi connectivity index (χ2n) is 6.21. The SMILES string of the molecule is CC(C)(C)NC(=O)OCCNc1nc(NC(=O)C(F)(F)F)ccc1[N+](=O)[O-]. The number of carbonyl (C=O) groups is 2. The van der Waals surface area contributed by atoms with Gasteiger partial charge in [0.15, 0.2) is 0 Å². The van der Waals surface area contributed by atoms with Crippen molar-refractivity contribution < 1.29 is 32.4 Å². The van der Waals surface area contributed by atoms with Crippen molar-refractivity contribution in [2.75, 3.05) is 23.8 Å². The van der Waals surface area contributed by atoms with Gasteiger partial charge in [-0.3, -0.25) is 14.9 Å². The van der Waals surface area contributed by atoms with Crippen LogP contribution in [0.5, 0.6) is 0 Å². The van der Waals surface area contributed by atoms with E-state index in [1.54, 1.807) is 20.8 Å². The van der Waals surface area contributed by atoms with E-state index >= 15 is 0 Å². The Labute approximate surface area is 151 Å². The number of nitrogens with one attached hydrogen (secondary N) is 3. The summed E-state index contributed by atoms with van der Waals surface area (Å²) in [6.07, 6.45) is -5.84. The molecule has 0 aliphatic rings. The van der Waals surface area contributed by atoms with Crippen molar-refractivity contribution in [1.82, 2.24) is 10.3 Å². The monoisotopic (exact) mass is 393 g/mol. The first-order chi connectivity index (χ1) is 12.3. The highest BCUT2D eigenvalue weighted by atomic mass is 19.4. The number of halogens is 3. The standard InChI is InChI=1S/C14H18F3N5O5/c1-13(2,3)21-12(24)27-7-6-18-10-8(22(25)26)4-5-9(19-10)20-11(23)14(15,16)17/h4-5H,6-7H2,1-3H3,(H,21,24)(H2,18,19,20,23). The van der Waals surface area contributed by atoms with Gasteiger partial charge in [-0.05, 0) is 26.8 Å². The molecular weight excluding hydrogens is 375 g/mol. The Balaban J connectivity index is 2.74. The number of alkyl halides is 3. The van der Waals surface area contributed by atoms with E-state index in [9.17, 15) is 32.9 Å². The first-order valence-electron chi connectivity index (χ1n) is 7.52. The summed E-state index contributed by atoms with van der Waals surface area (Å²) in [4.78, 5) is 36.1. The fourth-order valence-electron chi connectivity index (χ4n) is 1.64. The quantitative estimate of drug-likeness (QED) is 0.384. The number of hydrogen-bond acceptors (Lipinski definition) is 7. The van der Waals surface area contributed by atoms with Gasteiger partial charge in [0.2, 0.25) is 5.82 Å². The first-order valence-corrected chi connectivity index (χ1v) is 7.52. The summed E-state index contributed by atoms with van der Waals surface area (Å²) in [5.74, 6) is -3.19. The highest BCUT2D eigenvalue weighted by Crippen LogP contribution is 2.25. The van der Waals surface area contributed by atoms with E-state index in [0.29, 0.717) is 0 Å². The fourth-order valence-corrected chi connectivity index (χ4v) is 1.64. The molecule has 1 heterocycles. The number of amides is 2. The molecule has 0 aliphatic heterocycles. The molecule has 2 amide bonds. The third kappa shape index (κ3) is 7.75. The van der Waals surface area contributed by atoms with Gasteiger partial charge in [0, 0.05) is 11.6 Å². The minimum atomic E-state index is -5.13. The number of alkyl carbamates (subject to hydrolysis) is 1. The highest BCUT2D eigenvalue weighted by molar-refractivity contribution is 5.94. The second kappa shape index (κ2) is 8.51. The number of aromatic nitrogens is 1. The van der Waals surface area contributed by atoms with Crippen LogP contribution in [0.3, 0.4) is 0 Å². The van der Waals surface area contributed by atoms with E-state index in [1.165, 1.54) is 5.32 Å². The van der Waals surface area contributed by atoms with Crippen LogP contribution >= 0.6 is 0 Å². The lowest BCUT2D eigenvalue weighted by atomic mass is 10.1. The average Bonchev–Trinajstić information content (AvgIpc) is 2.48. The molecule has 1 aromatic rings. The number of rotatable bonds is 6. The van der Waals surface area contributed by atoms with Crippen molar-refractivity contribution in [3.63, 3.8) is 0 Å². The van der Waals surface area contributed by atoms with Crippen LogP contribution in [0.4, 0.5) is 35.3 Å². The molecule has 0 unspecified atom stereocenters. The number of nitrogens with zero attached hydrogens (tertiary/aromatic N) is 2. The van der Waals surface area contributed by atoms with E-state index < -0.39 is 40.1 Å². The zero-order valence-corrected chi connectivity index (χ0v) is 14.6. The van der Waals surface area contributed by atoms with Crippen LogP contribution in [-0.2, 0) is 9.53 Å². The topological polar surface area (TPSA) is 135 Å². The van der Waals surface area contributed by atoms with Gasteiger partial charge in [-0.15, -0.1) is 0 Å². The van der Waals surface area contributed by atoms with Gasteiger partial charge in [0.1, 0.15) is 12.4 Å². The summed E-state index contributed by atoms with van der Waals surface area (Å²) in [6.45, 7) is 4.91. The number of anilines is 2. The molecule has 13 heteroatoms. The Morgan fingerprint density at radius 1 is 1.26 bits per heavy atom. The third-order valence-electron chi connectivity index (χ3n) is 2.67. The number of hydrogen-bond donors (Lipinski definition) is 3. The maximum Gasteiger partial charge on any atom is 0.471 e. The van der Waals surface area contributed by atoms with Gasteiger partial charge in [-0.25, -0.2) is 9.78 Å². The molecule has 1 aromatic heterocycles. The summed E-state index contributed by atoms with van der Waals surface area (Å²) in [6, 6.07) is 1.74. The minimum absolute atomic E-state index is 0.109. The summed E-state index contributed by atoms with van der Waals surface area (Å²) < 4.78 is 41.6. The van der Waals surface area contributed by atoms with E-state index in [1.807, 2.05) is 0 Å². The molecule has 3 N–H and O–H groups in total. The van der Waals surface area contributed by atoms with Crippen molar-refractivity contribution in [3.8, 4) is 0 Å². The molecule has 1 rings (SSSR count). The van der Waals surface area contributed by atoms with Crippen molar-refractivity contribution in [2.45, 2.75) is 32.5 Å². The predicted molar refractivity (Wildman–Crippen MR) is 88.3 cm³/mol. The lowest BCUT2D eigenvalue weighted by Gasteiger charge is -2.20. The highest BCUT2D eigenvalue weighted by Gasteiger charge is 2.39. The number of nitro groups is 1. The molecule has 0 bridgehead atoms. The molecule has 27 heavy (non-hydrogen) atoms. The molecule has 10 nitrogen and oxygen atoms in total. The van der Waals surface area contributed by atoms with Gasteiger partial charge in [-0.1, -0.05) is 0 Å². The van der Waals surface area contributed by atoms with Crippen LogP contribution in [0.15, 0.2) is 12.1 Å². The maximum atomic E-state index is 12.3. The van der Waals surface area contributed by atoms with Crippen molar-refractivity contribution in [2.24, 2.45) is 0 Å². The smallest absolute Gasteiger partial charge is 0.448 e. The van der Waals surface area contributed by atoms with Crippen LogP contribution in [0.2, 0.25) is 0 Å². The fraction of sp³-hybridized carbons (Fsp3) is 0.500. The molecule has 0 fully saturated rings. The zero-order chi connectivity index (χ0) is 20.8. The minimum Gasteiger partial charge on any atom is -0.448 e. The van der Waals surface area contributed by atoms with Crippen LogP contribution < -0.4 is 16.0 Å². The van der Waals surface area contributed by atoms with Gasteiger partial charge in [0.05, 0.1) is 11.5 Å². The first kappa shape index (κ1) is 21.9. The van der Waals surface area contributed by atoms with E-state index in [-0.39, 0.29) is 19.0 Å². The van der Waals surface area contributed by atoms with E-state index in [4.69, 9.17) is 4.74 Å². The lowest BCUT2D eigenvalue weighted by molar-refractivity contribution is -0.384. The van der Waals surface area contributed by atoms with E-state index in [2.05, 4.69) is 15.6 Å². The Bertz CT molecular complexity index is 718. The Morgan fingerprint density at radius 2 is 1.89 bits per heavy atom. The zero-order valence-electron chi connectivity index (χ0n) is 14.6. The Hall–Kier alpha value is -3.12. The average molecular weight is 393 g/mol. The predicted octanol–water partition coefficient (Wildman–Crippen LogP) is 2.43. The number of carbonyl (C=O) groups excluding carboxylic acids is 2. The molecule has 0 aliphatic carbocycles. The molecule has 0 saturated heterocycles. The summed E-state index contributed by atoms with van der Waals surface area (Å²) in [5.41, 5.74) is -1.05. The maximum absolute atomic E-state index is 12.3. The normalized spacial score (nSPS) is 11.5. The summed E-state index contributed by atoms with van der Waals surface area (Å²) in [7, 11) is 0. The van der Waals surface area contributed by atoms with Crippen molar-refractivity contribution in [1.29, 1.82) is 0 Å². The molecule has 0 radical (unpaired) electrons. The number of pyridine rings is 1. The van der Waals surface area contributed by atoms with Crippen LogP contribution in [0.1, 0.15) is 20.8 Å². The van der Waals surface area contributed by atoms with Gasteiger partial charge in [-0.2, -0.15) is 13.2 Å². The van der Waals surface area contributed by atoms with Crippen molar-refractivity contribution in [3.05, 3.63) is 22.2 Å². The second-order valence-corrected chi connectivity index (χ2v) is 6.21. The van der Waals surface area contributed by atoms with Gasteiger partial charge >= 0.3 is 23.9 Å². The lowest BCUT2D eigenvalue weighted by Crippen LogP contribution is -2.41. The largest absolute Gasteiger partial charge is 0.471 e. The van der Waals surface area contributed by atoms with Crippen LogP contribution in [0, 0.1) is 10.1 Å². The molecule has 0 saturated carbocycles. The van der Waals surface area contributed by atoms with Gasteiger partial charge < -0.3 is 20.7 Å². The van der Waals surface area contributed by atoms with Crippen molar-refractivity contribution >= 4 is 29.3 Å². The summed E-state index contributed by atoms with van der Waals surface area (Å²) in [5, 5.41) is 17.5.